The molecule has 0 N–H and O–H groups in total. The molecule has 0 amide bonds. The Morgan fingerprint density at radius 1 is 1.33 bits per heavy atom. The van der Waals surface area contributed by atoms with E-state index in [1.807, 2.05) is 18.2 Å². The standard InChI is InChI=1S/C10H11IO/c1-9(12-8-11)7-10-5-3-2-4-6-10/h2-6H,1,7-8H2. The van der Waals surface area contributed by atoms with E-state index in [2.05, 4.69) is 41.3 Å². The maximum Gasteiger partial charge on any atom is 0.138 e. The molecule has 0 saturated heterocycles. The fraction of sp³-hybridized carbons (Fsp3) is 0.200. The Kier molecular flexibility index (Phi) is 4.14. The van der Waals surface area contributed by atoms with Crippen LogP contribution in [0.25, 0.3) is 0 Å². The summed E-state index contributed by atoms with van der Waals surface area (Å²) in [6, 6.07) is 10.2. The van der Waals surface area contributed by atoms with Crippen LogP contribution in [0, 0.1) is 0 Å². The molecule has 0 fully saturated rings. The van der Waals surface area contributed by atoms with Gasteiger partial charge in [-0.1, -0.05) is 36.9 Å². The zero-order valence-electron chi connectivity index (χ0n) is 6.79. The van der Waals surface area contributed by atoms with Gasteiger partial charge in [-0.25, -0.2) is 0 Å². The monoisotopic (exact) mass is 274 g/mol. The molecule has 0 atom stereocenters. The molecule has 0 aliphatic rings. The predicted molar refractivity (Wildman–Crippen MR) is 59.3 cm³/mol. The number of alkyl halides is 1. The molecular weight excluding hydrogens is 263 g/mol. The second-order valence-electron chi connectivity index (χ2n) is 2.45. The summed E-state index contributed by atoms with van der Waals surface area (Å²) in [6.07, 6.45) is 0.809. The molecule has 1 nitrogen and oxygen atoms in total. The Bertz CT molecular complexity index is 243. The first-order chi connectivity index (χ1) is 5.83. The van der Waals surface area contributed by atoms with Crippen molar-refractivity contribution >= 4 is 22.6 Å². The largest absolute Gasteiger partial charge is 0.488 e. The third-order valence-electron chi connectivity index (χ3n) is 1.50. The van der Waals surface area contributed by atoms with E-state index in [1.54, 1.807) is 0 Å². The molecule has 0 aromatic heterocycles. The van der Waals surface area contributed by atoms with Crippen LogP contribution in [0.5, 0.6) is 0 Å². The first kappa shape index (κ1) is 9.58. The lowest BCUT2D eigenvalue weighted by molar-refractivity contribution is 0.276. The van der Waals surface area contributed by atoms with Crippen molar-refractivity contribution in [1.29, 1.82) is 0 Å². The van der Waals surface area contributed by atoms with E-state index in [-0.39, 0.29) is 0 Å². The highest BCUT2D eigenvalue weighted by Crippen LogP contribution is 2.07. The summed E-state index contributed by atoms with van der Waals surface area (Å²) >= 11 is 2.16. The van der Waals surface area contributed by atoms with Crippen LogP contribution in [0.3, 0.4) is 0 Å². The first-order valence-corrected chi connectivity index (χ1v) is 5.26. The topological polar surface area (TPSA) is 9.23 Å². The van der Waals surface area contributed by atoms with E-state index in [4.69, 9.17) is 4.74 Å². The van der Waals surface area contributed by atoms with Crippen molar-refractivity contribution in [2.75, 3.05) is 4.61 Å². The lowest BCUT2D eigenvalue weighted by Gasteiger charge is -2.05. The zero-order valence-corrected chi connectivity index (χ0v) is 8.95. The Hall–Kier alpha value is -0.510. The van der Waals surface area contributed by atoms with Crippen LogP contribution < -0.4 is 0 Å². The first-order valence-electron chi connectivity index (χ1n) is 3.73. The molecule has 0 bridgehead atoms. The van der Waals surface area contributed by atoms with Crippen molar-refractivity contribution in [2.45, 2.75) is 6.42 Å². The van der Waals surface area contributed by atoms with E-state index >= 15 is 0 Å². The zero-order chi connectivity index (χ0) is 8.81. The van der Waals surface area contributed by atoms with E-state index in [1.165, 1.54) is 5.56 Å². The Morgan fingerprint density at radius 3 is 2.58 bits per heavy atom. The van der Waals surface area contributed by atoms with Crippen LogP contribution in [0.15, 0.2) is 42.7 Å². The van der Waals surface area contributed by atoms with Crippen LogP contribution >= 0.6 is 22.6 Å². The highest BCUT2D eigenvalue weighted by molar-refractivity contribution is 14.1. The van der Waals surface area contributed by atoms with E-state index in [9.17, 15) is 0 Å². The predicted octanol–water partition coefficient (Wildman–Crippen LogP) is 3.15. The smallest absolute Gasteiger partial charge is 0.138 e. The summed E-state index contributed by atoms with van der Waals surface area (Å²) in [5.74, 6) is 0.829. The van der Waals surface area contributed by atoms with Crippen molar-refractivity contribution in [1.82, 2.24) is 0 Å². The van der Waals surface area contributed by atoms with E-state index in [0.717, 1.165) is 12.2 Å². The minimum absolute atomic E-state index is 0.670. The van der Waals surface area contributed by atoms with Gasteiger partial charge in [-0.05, 0) is 28.2 Å². The van der Waals surface area contributed by atoms with Gasteiger partial charge in [-0.3, -0.25) is 0 Å². The lowest BCUT2D eigenvalue weighted by atomic mass is 10.1. The fourth-order valence-electron chi connectivity index (χ4n) is 0.952. The average molecular weight is 274 g/mol. The van der Waals surface area contributed by atoms with Crippen LogP contribution in [0.2, 0.25) is 0 Å². The minimum Gasteiger partial charge on any atom is -0.488 e. The van der Waals surface area contributed by atoms with Gasteiger partial charge in [0.05, 0.1) is 5.76 Å². The summed E-state index contributed by atoms with van der Waals surface area (Å²) in [7, 11) is 0. The molecular formula is C10H11IO. The number of hydrogen-bond donors (Lipinski definition) is 0. The maximum absolute atomic E-state index is 5.24. The van der Waals surface area contributed by atoms with Crippen molar-refractivity contribution < 1.29 is 4.74 Å². The van der Waals surface area contributed by atoms with Crippen molar-refractivity contribution in [3.05, 3.63) is 48.2 Å². The van der Waals surface area contributed by atoms with E-state index < -0.39 is 0 Å². The SMILES string of the molecule is C=C(Cc1ccccc1)OCI. The fourth-order valence-corrected chi connectivity index (χ4v) is 1.39. The Morgan fingerprint density at radius 2 is 2.00 bits per heavy atom. The second kappa shape index (κ2) is 5.19. The Labute approximate surface area is 86.6 Å². The molecule has 12 heavy (non-hydrogen) atoms. The van der Waals surface area contributed by atoms with Crippen molar-refractivity contribution in [2.24, 2.45) is 0 Å². The molecule has 0 aliphatic heterocycles. The molecule has 1 aromatic carbocycles. The molecule has 2 heteroatoms. The molecule has 0 spiro atoms. The molecule has 0 saturated carbocycles. The summed E-state index contributed by atoms with van der Waals surface area (Å²) in [5.41, 5.74) is 1.24. The normalized spacial score (nSPS) is 9.42. The van der Waals surface area contributed by atoms with Gasteiger partial charge in [0.2, 0.25) is 0 Å². The molecule has 0 radical (unpaired) electrons. The van der Waals surface area contributed by atoms with Gasteiger partial charge in [0.15, 0.2) is 0 Å². The van der Waals surface area contributed by atoms with Gasteiger partial charge in [0.1, 0.15) is 4.61 Å². The minimum atomic E-state index is 0.670. The van der Waals surface area contributed by atoms with Crippen molar-refractivity contribution in [3.63, 3.8) is 0 Å². The average Bonchev–Trinajstić information content (AvgIpc) is 2.06. The highest BCUT2D eigenvalue weighted by atomic mass is 127. The number of hydrogen-bond acceptors (Lipinski definition) is 1. The number of rotatable bonds is 4. The molecule has 0 unspecified atom stereocenters. The van der Waals surface area contributed by atoms with Gasteiger partial charge < -0.3 is 4.74 Å². The third kappa shape index (κ3) is 3.26. The second-order valence-corrected chi connectivity index (χ2v) is 3.08. The molecule has 1 rings (SSSR count). The van der Waals surface area contributed by atoms with Crippen LogP contribution in [-0.4, -0.2) is 4.61 Å². The summed E-state index contributed by atoms with van der Waals surface area (Å²) in [4.78, 5) is 0. The maximum atomic E-state index is 5.24. The van der Waals surface area contributed by atoms with Gasteiger partial charge in [0, 0.05) is 6.42 Å². The van der Waals surface area contributed by atoms with Gasteiger partial charge >= 0.3 is 0 Å². The number of halogens is 1. The molecule has 0 heterocycles. The highest BCUT2D eigenvalue weighted by Gasteiger charge is 1.95. The molecule has 1 aromatic rings. The number of benzene rings is 1. The number of allylic oxidation sites excluding steroid dienone is 1. The molecule has 64 valence electrons. The van der Waals surface area contributed by atoms with Gasteiger partial charge in [-0.15, -0.1) is 0 Å². The molecule has 0 aliphatic carbocycles. The van der Waals surface area contributed by atoms with Gasteiger partial charge in [-0.2, -0.15) is 0 Å². The summed E-state index contributed by atoms with van der Waals surface area (Å²) in [6.45, 7) is 3.81. The third-order valence-corrected chi connectivity index (χ3v) is 1.81. The van der Waals surface area contributed by atoms with Crippen LogP contribution in [0.4, 0.5) is 0 Å². The van der Waals surface area contributed by atoms with Gasteiger partial charge in [0.25, 0.3) is 0 Å². The lowest BCUT2D eigenvalue weighted by Crippen LogP contribution is -1.92. The van der Waals surface area contributed by atoms with E-state index in [0.29, 0.717) is 4.61 Å². The Balaban J connectivity index is 2.47. The van der Waals surface area contributed by atoms with Crippen molar-refractivity contribution in [3.8, 4) is 0 Å². The summed E-state index contributed by atoms with van der Waals surface area (Å²) < 4.78 is 5.91. The van der Waals surface area contributed by atoms with Crippen LogP contribution in [-0.2, 0) is 11.2 Å². The summed E-state index contributed by atoms with van der Waals surface area (Å²) in [5, 5.41) is 0. The number of ether oxygens (including phenoxy) is 1. The quantitative estimate of drug-likeness (QED) is 0.465. The van der Waals surface area contributed by atoms with Crippen LogP contribution in [0.1, 0.15) is 5.56 Å².